The fraction of sp³-hybridized carbons (Fsp3) is 0.316. The Morgan fingerprint density at radius 3 is 2.13 bits per heavy atom. The van der Waals surface area contributed by atoms with Gasteiger partial charge in [0.2, 0.25) is 10.0 Å². The van der Waals surface area contributed by atoms with E-state index >= 15 is 0 Å². The Labute approximate surface area is 170 Å². The molecule has 1 fully saturated rings. The zero-order valence-corrected chi connectivity index (χ0v) is 16.3. The maximum absolute atomic E-state index is 14.2. The number of hydrogen-bond acceptors (Lipinski definition) is 4. The van der Waals surface area contributed by atoms with Crippen LogP contribution in [-0.4, -0.2) is 31.6 Å². The molecule has 2 aromatic carbocycles. The quantitative estimate of drug-likeness (QED) is 0.486. The van der Waals surface area contributed by atoms with E-state index in [4.69, 9.17) is 0 Å². The number of halogens is 4. The lowest BCUT2D eigenvalue weighted by Gasteiger charge is -2.26. The van der Waals surface area contributed by atoms with E-state index in [0.29, 0.717) is 37.8 Å². The first kappa shape index (κ1) is 22.2. The van der Waals surface area contributed by atoms with Crippen LogP contribution in [0.1, 0.15) is 36.0 Å². The average Bonchev–Trinajstić information content (AvgIpc) is 2.67. The van der Waals surface area contributed by atoms with Crippen molar-refractivity contribution < 1.29 is 35.9 Å². The van der Waals surface area contributed by atoms with E-state index in [2.05, 4.69) is 10.0 Å². The van der Waals surface area contributed by atoms with Gasteiger partial charge in [-0.25, -0.2) is 30.7 Å². The zero-order valence-electron chi connectivity index (χ0n) is 15.5. The number of anilines is 1. The molecule has 0 heterocycles. The van der Waals surface area contributed by atoms with Gasteiger partial charge in [0.05, 0.1) is 6.10 Å². The molecule has 3 rings (SSSR count). The highest BCUT2D eigenvalue weighted by Crippen LogP contribution is 2.23. The Bertz CT molecular complexity index is 1050. The van der Waals surface area contributed by atoms with E-state index in [0.717, 1.165) is 18.2 Å². The summed E-state index contributed by atoms with van der Waals surface area (Å²) in [6, 6.07) is 3.19. The largest absolute Gasteiger partial charge is 0.393 e. The third-order valence-corrected chi connectivity index (χ3v) is 6.28. The normalized spacial score (nSPS) is 19.5. The number of nitrogens with one attached hydrogen (secondary N) is 2. The summed E-state index contributed by atoms with van der Waals surface area (Å²) >= 11 is 0. The van der Waals surface area contributed by atoms with Gasteiger partial charge in [-0.05, 0) is 43.9 Å². The van der Waals surface area contributed by atoms with Gasteiger partial charge >= 0.3 is 0 Å². The summed E-state index contributed by atoms with van der Waals surface area (Å²) < 4.78 is 81.3. The molecule has 0 radical (unpaired) electrons. The molecular weight excluding hydrogens is 428 g/mol. The minimum atomic E-state index is -4.31. The molecule has 6 nitrogen and oxygen atoms in total. The van der Waals surface area contributed by atoms with Gasteiger partial charge in [0, 0.05) is 29.4 Å². The summed E-state index contributed by atoms with van der Waals surface area (Å²) in [5, 5.41) is 11.6. The molecule has 3 N–H and O–H groups in total. The van der Waals surface area contributed by atoms with Crippen LogP contribution < -0.4 is 10.0 Å². The van der Waals surface area contributed by atoms with Gasteiger partial charge < -0.3 is 10.4 Å². The van der Waals surface area contributed by atoms with Crippen molar-refractivity contribution >= 4 is 21.6 Å². The minimum Gasteiger partial charge on any atom is -0.393 e. The fourth-order valence-electron chi connectivity index (χ4n) is 3.16. The van der Waals surface area contributed by atoms with Crippen LogP contribution in [0.2, 0.25) is 0 Å². The van der Waals surface area contributed by atoms with Crippen LogP contribution in [-0.2, 0) is 10.0 Å². The van der Waals surface area contributed by atoms with Crippen LogP contribution in [0, 0.1) is 23.3 Å². The number of rotatable bonds is 5. The molecule has 1 amide bonds. The van der Waals surface area contributed by atoms with Crippen LogP contribution >= 0.6 is 0 Å². The number of benzene rings is 2. The zero-order chi connectivity index (χ0) is 22.1. The highest BCUT2D eigenvalue weighted by Gasteiger charge is 2.27. The Hall–Kier alpha value is -2.50. The number of carbonyl (C=O) groups excluding carboxylic acids is 1. The van der Waals surface area contributed by atoms with E-state index in [1.54, 1.807) is 0 Å². The second-order valence-electron chi connectivity index (χ2n) is 6.98. The topological polar surface area (TPSA) is 95.5 Å². The lowest BCUT2D eigenvalue weighted by atomic mass is 9.94. The molecule has 11 heteroatoms. The Morgan fingerprint density at radius 2 is 1.53 bits per heavy atom. The van der Waals surface area contributed by atoms with Gasteiger partial charge in [0.15, 0.2) is 17.5 Å². The third kappa shape index (κ3) is 4.97. The highest BCUT2D eigenvalue weighted by atomic mass is 32.2. The van der Waals surface area contributed by atoms with Crippen LogP contribution in [0.5, 0.6) is 0 Å². The standard InChI is InChI=1S/C19H18F4N2O4S/c20-14-6-1-10(19(27)24-12-8-15(21)18(23)16(22)9-12)7-17(14)30(28,29)25-11-2-4-13(26)5-3-11/h1,6-9,11,13,25-26H,2-5H2,(H,24,27)/t11-,13+. The first-order valence-electron chi connectivity index (χ1n) is 9.02. The molecule has 0 saturated heterocycles. The van der Waals surface area contributed by atoms with E-state index in [-0.39, 0.29) is 5.56 Å². The summed E-state index contributed by atoms with van der Waals surface area (Å²) in [6.07, 6.45) is 1.07. The Kier molecular flexibility index (Phi) is 6.44. The van der Waals surface area contributed by atoms with Crippen molar-refractivity contribution in [2.24, 2.45) is 0 Å². The van der Waals surface area contributed by atoms with Crippen molar-refractivity contribution in [2.45, 2.75) is 42.7 Å². The van der Waals surface area contributed by atoms with Crippen molar-refractivity contribution in [3.05, 3.63) is 59.2 Å². The van der Waals surface area contributed by atoms with Gasteiger partial charge in [-0.3, -0.25) is 4.79 Å². The number of hydrogen-bond donors (Lipinski definition) is 3. The van der Waals surface area contributed by atoms with Gasteiger partial charge in [-0.15, -0.1) is 0 Å². The molecule has 1 saturated carbocycles. The summed E-state index contributed by atoms with van der Waals surface area (Å²) in [6.45, 7) is 0. The molecule has 0 atom stereocenters. The van der Waals surface area contributed by atoms with Crippen LogP contribution in [0.3, 0.4) is 0 Å². The first-order chi connectivity index (χ1) is 14.1. The molecule has 2 aromatic rings. The van der Waals surface area contributed by atoms with Crippen molar-refractivity contribution in [2.75, 3.05) is 5.32 Å². The van der Waals surface area contributed by atoms with E-state index in [9.17, 15) is 35.9 Å². The van der Waals surface area contributed by atoms with E-state index < -0.39 is 61.9 Å². The molecule has 0 bridgehead atoms. The van der Waals surface area contributed by atoms with Crippen molar-refractivity contribution in [1.29, 1.82) is 0 Å². The van der Waals surface area contributed by atoms with Gasteiger partial charge in [-0.1, -0.05) is 0 Å². The average molecular weight is 446 g/mol. The second kappa shape index (κ2) is 8.70. The van der Waals surface area contributed by atoms with Gasteiger partial charge in [0.1, 0.15) is 10.7 Å². The van der Waals surface area contributed by atoms with Crippen LogP contribution in [0.25, 0.3) is 0 Å². The maximum atomic E-state index is 14.2. The molecule has 0 unspecified atom stereocenters. The lowest BCUT2D eigenvalue weighted by molar-refractivity contribution is 0.102. The molecular formula is C19H18F4N2O4S. The van der Waals surface area contributed by atoms with Crippen LogP contribution in [0.15, 0.2) is 35.2 Å². The van der Waals surface area contributed by atoms with E-state index in [1.165, 1.54) is 0 Å². The summed E-state index contributed by atoms with van der Waals surface area (Å²) in [5.74, 6) is -6.81. The molecule has 162 valence electrons. The van der Waals surface area contributed by atoms with Crippen molar-refractivity contribution in [3.63, 3.8) is 0 Å². The van der Waals surface area contributed by atoms with Gasteiger partial charge in [-0.2, -0.15) is 0 Å². The monoisotopic (exact) mass is 446 g/mol. The number of amides is 1. The molecule has 0 aromatic heterocycles. The molecule has 30 heavy (non-hydrogen) atoms. The van der Waals surface area contributed by atoms with E-state index in [1.807, 2.05) is 0 Å². The smallest absolute Gasteiger partial charge is 0.255 e. The predicted molar refractivity (Wildman–Crippen MR) is 99.3 cm³/mol. The Balaban J connectivity index is 1.81. The third-order valence-electron chi connectivity index (χ3n) is 4.74. The molecule has 0 spiro atoms. The number of carbonyl (C=O) groups is 1. The highest BCUT2D eigenvalue weighted by molar-refractivity contribution is 7.89. The minimum absolute atomic E-state index is 0.291. The van der Waals surface area contributed by atoms with Gasteiger partial charge in [0.25, 0.3) is 5.91 Å². The van der Waals surface area contributed by atoms with Crippen molar-refractivity contribution in [1.82, 2.24) is 4.72 Å². The number of sulfonamides is 1. The fourth-order valence-corrected chi connectivity index (χ4v) is 4.57. The van der Waals surface area contributed by atoms with Crippen molar-refractivity contribution in [3.8, 4) is 0 Å². The summed E-state index contributed by atoms with van der Waals surface area (Å²) in [4.78, 5) is 11.6. The molecule has 1 aliphatic rings. The molecule has 1 aliphatic carbocycles. The SMILES string of the molecule is O=C(Nc1cc(F)c(F)c(F)c1)c1ccc(F)c(S(=O)(=O)N[C@H]2CC[C@@H](O)CC2)c1. The summed E-state index contributed by atoms with van der Waals surface area (Å²) in [5.41, 5.74) is -0.690. The lowest BCUT2D eigenvalue weighted by Crippen LogP contribution is -2.38. The summed E-state index contributed by atoms with van der Waals surface area (Å²) in [7, 11) is -4.31. The number of aliphatic hydroxyl groups is 1. The predicted octanol–water partition coefficient (Wildman–Crippen LogP) is 3.08. The second-order valence-corrected chi connectivity index (χ2v) is 8.66. The first-order valence-corrected chi connectivity index (χ1v) is 10.5. The maximum Gasteiger partial charge on any atom is 0.255 e. The Morgan fingerprint density at radius 1 is 0.933 bits per heavy atom. The van der Waals surface area contributed by atoms with Crippen LogP contribution in [0.4, 0.5) is 23.2 Å². The molecule has 0 aliphatic heterocycles. The number of aliphatic hydroxyl groups excluding tert-OH is 1.